The van der Waals surface area contributed by atoms with Crippen molar-refractivity contribution in [3.63, 3.8) is 0 Å². The molecule has 5 nitrogen and oxygen atoms in total. The van der Waals surface area contributed by atoms with Gasteiger partial charge < -0.3 is 5.32 Å². The molecule has 1 N–H and O–H groups in total. The number of non-ortho nitro benzene ring substituents is 1. The first-order valence-corrected chi connectivity index (χ1v) is 5.23. The smallest absolute Gasteiger partial charge is 0.270 e. The van der Waals surface area contributed by atoms with Crippen LogP contribution >= 0.6 is 0 Å². The molecule has 1 rings (SSSR count). The summed E-state index contributed by atoms with van der Waals surface area (Å²) in [7, 11) is 1.85. The van der Waals surface area contributed by atoms with E-state index in [9.17, 15) is 14.9 Å². The largest absolute Gasteiger partial charge is 0.319 e. The molecular formula is C12H14N2O3. The molecule has 0 bridgehead atoms. The summed E-state index contributed by atoms with van der Waals surface area (Å²) < 4.78 is 0. The lowest BCUT2D eigenvalue weighted by atomic mass is 10.1. The molecule has 0 aromatic heterocycles. The van der Waals surface area contributed by atoms with E-state index in [0.717, 1.165) is 13.0 Å². The lowest BCUT2D eigenvalue weighted by Crippen LogP contribution is -2.05. The summed E-state index contributed by atoms with van der Waals surface area (Å²) in [5, 5.41) is 13.6. The summed E-state index contributed by atoms with van der Waals surface area (Å²) in [6, 6.07) is 4.33. The molecule has 90 valence electrons. The van der Waals surface area contributed by atoms with Crippen LogP contribution in [0.25, 0.3) is 6.08 Å². The normalized spacial score (nSPS) is 10.6. The minimum Gasteiger partial charge on any atom is -0.319 e. The summed E-state index contributed by atoms with van der Waals surface area (Å²) in [6.45, 7) is 0.839. The number of nitrogens with zero attached hydrogens (tertiary/aromatic N) is 1. The van der Waals surface area contributed by atoms with Gasteiger partial charge >= 0.3 is 0 Å². The average molecular weight is 234 g/mol. The van der Waals surface area contributed by atoms with Crippen molar-refractivity contribution in [1.82, 2.24) is 5.32 Å². The summed E-state index contributed by atoms with van der Waals surface area (Å²) in [6.07, 6.45) is 5.12. The summed E-state index contributed by atoms with van der Waals surface area (Å²) in [5.74, 6) is 0. The Balaban J connectivity index is 2.91. The molecule has 0 radical (unpaired) electrons. The Labute approximate surface area is 99.3 Å². The van der Waals surface area contributed by atoms with Crippen molar-refractivity contribution in [2.45, 2.75) is 6.42 Å². The van der Waals surface area contributed by atoms with Gasteiger partial charge in [0.2, 0.25) is 0 Å². The first-order chi connectivity index (χ1) is 8.17. The number of hydrogen-bond acceptors (Lipinski definition) is 4. The molecular weight excluding hydrogens is 220 g/mol. The second-order valence-corrected chi connectivity index (χ2v) is 3.53. The Hall–Kier alpha value is -2.01. The van der Waals surface area contributed by atoms with Gasteiger partial charge in [0, 0.05) is 17.7 Å². The van der Waals surface area contributed by atoms with Crippen molar-refractivity contribution in [3.05, 3.63) is 45.5 Å². The van der Waals surface area contributed by atoms with Crippen LogP contribution in [0.2, 0.25) is 0 Å². The number of carbonyl (C=O) groups excluding carboxylic acids is 1. The van der Waals surface area contributed by atoms with Crippen molar-refractivity contribution in [3.8, 4) is 0 Å². The number of carbonyl (C=O) groups is 1. The number of nitro groups is 1. The first-order valence-electron chi connectivity index (χ1n) is 5.23. The number of nitrogens with one attached hydrogen (secondary N) is 1. The van der Waals surface area contributed by atoms with Gasteiger partial charge in [0.25, 0.3) is 5.69 Å². The third kappa shape index (κ3) is 4.16. The van der Waals surface area contributed by atoms with Crippen LogP contribution in [0.3, 0.4) is 0 Å². The van der Waals surface area contributed by atoms with Crippen LogP contribution in [0.1, 0.15) is 22.3 Å². The van der Waals surface area contributed by atoms with Crippen molar-refractivity contribution in [1.29, 1.82) is 0 Å². The van der Waals surface area contributed by atoms with E-state index in [2.05, 4.69) is 5.32 Å². The third-order valence-electron chi connectivity index (χ3n) is 2.18. The van der Waals surface area contributed by atoms with Crippen LogP contribution < -0.4 is 5.32 Å². The minimum atomic E-state index is -0.502. The van der Waals surface area contributed by atoms with Gasteiger partial charge in [-0.2, -0.15) is 0 Å². The Kier molecular flexibility index (Phi) is 5.03. The molecule has 1 aromatic rings. The molecule has 0 atom stereocenters. The predicted molar refractivity (Wildman–Crippen MR) is 66.1 cm³/mol. The summed E-state index contributed by atoms with van der Waals surface area (Å²) in [5.41, 5.74) is 0.910. The highest BCUT2D eigenvalue weighted by Crippen LogP contribution is 2.17. The van der Waals surface area contributed by atoms with Crippen molar-refractivity contribution in [2.24, 2.45) is 0 Å². The standard InChI is InChI=1S/C12H14N2O3/c1-13-5-3-2-4-10-6-11(9-15)8-12(7-10)14(16)17/h2,4,6-9,13H,3,5H2,1H3. The fourth-order valence-corrected chi connectivity index (χ4v) is 1.38. The van der Waals surface area contributed by atoms with Crippen molar-refractivity contribution < 1.29 is 9.72 Å². The van der Waals surface area contributed by atoms with E-state index in [0.29, 0.717) is 17.4 Å². The second-order valence-electron chi connectivity index (χ2n) is 3.53. The molecule has 0 saturated carbocycles. The fourth-order valence-electron chi connectivity index (χ4n) is 1.38. The maximum Gasteiger partial charge on any atom is 0.270 e. The Morgan fingerprint density at radius 2 is 2.06 bits per heavy atom. The van der Waals surface area contributed by atoms with E-state index in [1.54, 1.807) is 12.1 Å². The lowest BCUT2D eigenvalue weighted by Gasteiger charge is -1.97. The van der Waals surface area contributed by atoms with Gasteiger partial charge in [-0.15, -0.1) is 0 Å². The molecule has 0 aliphatic rings. The van der Waals surface area contributed by atoms with Crippen LogP contribution in [-0.2, 0) is 0 Å². The number of nitro benzene ring substituents is 1. The summed E-state index contributed by atoms with van der Waals surface area (Å²) in [4.78, 5) is 20.8. The average Bonchev–Trinajstić information content (AvgIpc) is 2.34. The zero-order valence-electron chi connectivity index (χ0n) is 9.55. The minimum absolute atomic E-state index is 0.0668. The highest BCUT2D eigenvalue weighted by atomic mass is 16.6. The second kappa shape index (κ2) is 6.55. The van der Waals surface area contributed by atoms with Gasteiger partial charge in [0.05, 0.1) is 4.92 Å². The SMILES string of the molecule is CNCCC=Cc1cc(C=O)cc([N+](=O)[O-])c1. The Morgan fingerprint density at radius 1 is 1.35 bits per heavy atom. The van der Waals surface area contributed by atoms with Gasteiger partial charge in [-0.1, -0.05) is 12.2 Å². The van der Waals surface area contributed by atoms with Crippen LogP contribution in [-0.4, -0.2) is 24.8 Å². The maximum atomic E-state index is 10.7. The van der Waals surface area contributed by atoms with E-state index in [4.69, 9.17) is 0 Å². The molecule has 0 saturated heterocycles. The van der Waals surface area contributed by atoms with Gasteiger partial charge in [-0.05, 0) is 31.6 Å². The third-order valence-corrected chi connectivity index (χ3v) is 2.18. The zero-order valence-corrected chi connectivity index (χ0v) is 9.55. The number of rotatable bonds is 6. The van der Waals surface area contributed by atoms with E-state index in [1.165, 1.54) is 12.1 Å². The van der Waals surface area contributed by atoms with Crippen molar-refractivity contribution >= 4 is 18.0 Å². The van der Waals surface area contributed by atoms with E-state index >= 15 is 0 Å². The topological polar surface area (TPSA) is 72.2 Å². The van der Waals surface area contributed by atoms with Crippen LogP contribution in [0.15, 0.2) is 24.3 Å². The highest BCUT2D eigenvalue weighted by Gasteiger charge is 2.07. The molecule has 0 spiro atoms. The maximum absolute atomic E-state index is 10.7. The zero-order chi connectivity index (χ0) is 12.7. The molecule has 0 unspecified atom stereocenters. The quantitative estimate of drug-likeness (QED) is 0.354. The Morgan fingerprint density at radius 3 is 2.65 bits per heavy atom. The molecule has 0 fully saturated rings. The molecule has 1 aromatic carbocycles. The van der Waals surface area contributed by atoms with Crippen LogP contribution in [0, 0.1) is 10.1 Å². The van der Waals surface area contributed by atoms with Crippen molar-refractivity contribution in [2.75, 3.05) is 13.6 Å². The van der Waals surface area contributed by atoms with E-state index in [1.807, 2.05) is 13.1 Å². The monoisotopic (exact) mass is 234 g/mol. The van der Waals surface area contributed by atoms with Gasteiger partial charge in [0.15, 0.2) is 0 Å². The predicted octanol–water partition coefficient (Wildman–Crippen LogP) is 2.03. The number of hydrogen-bond donors (Lipinski definition) is 1. The van der Waals surface area contributed by atoms with E-state index in [-0.39, 0.29) is 5.69 Å². The molecule has 17 heavy (non-hydrogen) atoms. The highest BCUT2D eigenvalue weighted by molar-refractivity contribution is 5.78. The van der Waals surface area contributed by atoms with E-state index < -0.39 is 4.92 Å². The molecule has 0 aliphatic carbocycles. The first kappa shape index (κ1) is 13.1. The van der Waals surface area contributed by atoms with Gasteiger partial charge in [0.1, 0.15) is 6.29 Å². The van der Waals surface area contributed by atoms with Gasteiger partial charge in [-0.3, -0.25) is 14.9 Å². The molecule has 0 aliphatic heterocycles. The number of benzene rings is 1. The molecule has 0 heterocycles. The summed E-state index contributed by atoms with van der Waals surface area (Å²) >= 11 is 0. The number of aldehydes is 1. The van der Waals surface area contributed by atoms with Crippen LogP contribution in [0.5, 0.6) is 0 Å². The molecule has 0 amide bonds. The van der Waals surface area contributed by atoms with Crippen LogP contribution in [0.4, 0.5) is 5.69 Å². The molecule has 5 heteroatoms. The fraction of sp³-hybridized carbons (Fsp3) is 0.250. The van der Waals surface area contributed by atoms with Gasteiger partial charge in [-0.25, -0.2) is 0 Å². The lowest BCUT2D eigenvalue weighted by molar-refractivity contribution is -0.384. The Bertz CT molecular complexity index is 441.